The van der Waals surface area contributed by atoms with Crippen LogP contribution in [0.3, 0.4) is 0 Å². The molecular weight excluding hydrogens is 240 g/mol. The minimum absolute atomic E-state index is 0.106. The summed E-state index contributed by atoms with van der Waals surface area (Å²) in [7, 11) is 0. The fourth-order valence-electron chi connectivity index (χ4n) is 1.57. The Kier molecular flexibility index (Phi) is 6.64. The third-order valence-corrected chi connectivity index (χ3v) is 2.70. The smallest absolute Gasteiger partial charge is 0.229 e. The van der Waals surface area contributed by atoms with Gasteiger partial charge in [0.1, 0.15) is 6.42 Å². The highest BCUT2D eigenvalue weighted by Crippen LogP contribution is 1.98. The van der Waals surface area contributed by atoms with Gasteiger partial charge in [0.15, 0.2) is 0 Å². The third-order valence-electron chi connectivity index (χ3n) is 2.70. The molecule has 2 amide bonds. The second-order valence-corrected chi connectivity index (χ2v) is 4.97. The fourth-order valence-corrected chi connectivity index (χ4v) is 1.57. The Hall–Kier alpha value is -1.84. The minimum atomic E-state index is -0.245. The van der Waals surface area contributed by atoms with E-state index in [1.165, 1.54) is 0 Å². The largest absolute Gasteiger partial charge is 0.356 e. The van der Waals surface area contributed by atoms with E-state index < -0.39 is 0 Å². The summed E-state index contributed by atoms with van der Waals surface area (Å²) < 4.78 is 0. The van der Waals surface area contributed by atoms with Gasteiger partial charge in [0.25, 0.3) is 0 Å². The Morgan fingerprint density at radius 1 is 1.05 bits per heavy atom. The van der Waals surface area contributed by atoms with Crippen molar-refractivity contribution in [1.82, 2.24) is 10.6 Å². The van der Waals surface area contributed by atoms with Crippen LogP contribution in [0.25, 0.3) is 0 Å². The molecule has 1 aromatic rings. The van der Waals surface area contributed by atoms with Crippen molar-refractivity contribution >= 4 is 11.8 Å². The topological polar surface area (TPSA) is 58.2 Å². The lowest BCUT2D eigenvalue weighted by atomic mass is 10.1. The highest BCUT2D eigenvalue weighted by atomic mass is 16.2. The van der Waals surface area contributed by atoms with Crippen molar-refractivity contribution in [3.05, 3.63) is 35.9 Å². The maximum Gasteiger partial charge on any atom is 0.229 e. The molecule has 0 aromatic heterocycles. The maximum atomic E-state index is 11.6. The Morgan fingerprint density at radius 2 is 1.68 bits per heavy atom. The molecule has 0 spiro atoms. The van der Waals surface area contributed by atoms with Gasteiger partial charge in [0.2, 0.25) is 11.8 Å². The predicted molar refractivity (Wildman–Crippen MR) is 75.4 cm³/mol. The summed E-state index contributed by atoms with van der Waals surface area (Å²) in [5.74, 6) is 0.0873. The number of carbonyl (C=O) groups is 2. The molecule has 0 heterocycles. The summed E-state index contributed by atoms with van der Waals surface area (Å²) in [5.41, 5.74) is 1.02. The summed E-state index contributed by atoms with van der Waals surface area (Å²) >= 11 is 0. The van der Waals surface area contributed by atoms with Crippen LogP contribution >= 0.6 is 0 Å². The molecule has 1 aromatic carbocycles. The van der Waals surface area contributed by atoms with E-state index in [1.807, 2.05) is 30.3 Å². The van der Waals surface area contributed by atoms with Crippen LogP contribution in [0, 0.1) is 5.92 Å². The van der Waals surface area contributed by atoms with E-state index in [9.17, 15) is 9.59 Å². The van der Waals surface area contributed by atoms with Crippen LogP contribution in [0.1, 0.15) is 32.3 Å². The molecule has 4 nitrogen and oxygen atoms in total. The van der Waals surface area contributed by atoms with Gasteiger partial charge < -0.3 is 10.6 Å². The first-order valence-electron chi connectivity index (χ1n) is 6.65. The molecular formula is C15H22N2O2. The van der Waals surface area contributed by atoms with E-state index in [-0.39, 0.29) is 18.2 Å². The highest BCUT2D eigenvalue weighted by Gasteiger charge is 2.08. The van der Waals surface area contributed by atoms with Gasteiger partial charge in [-0.2, -0.15) is 0 Å². The van der Waals surface area contributed by atoms with E-state index >= 15 is 0 Å². The number of hydrogen-bond acceptors (Lipinski definition) is 2. The number of carbonyl (C=O) groups excluding carboxylic acids is 2. The average Bonchev–Trinajstić information content (AvgIpc) is 2.37. The van der Waals surface area contributed by atoms with Crippen molar-refractivity contribution < 1.29 is 9.59 Å². The zero-order valence-electron chi connectivity index (χ0n) is 11.6. The second kappa shape index (κ2) is 8.29. The SMILES string of the molecule is CC(C)CCNC(=O)CC(=O)NCc1ccccc1. The number of hydrogen-bond donors (Lipinski definition) is 2. The van der Waals surface area contributed by atoms with Crippen molar-refractivity contribution in [1.29, 1.82) is 0 Å². The Labute approximate surface area is 114 Å². The first-order chi connectivity index (χ1) is 9.08. The number of rotatable bonds is 7. The zero-order chi connectivity index (χ0) is 14.1. The van der Waals surface area contributed by atoms with E-state index in [2.05, 4.69) is 24.5 Å². The minimum Gasteiger partial charge on any atom is -0.356 e. The molecule has 0 bridgehead atoms. The third kappa shape index (κ3) is 7.24. The number of amides is 2. The van der Waals surface area contributed by atoms with Gasteiger partial charge in [-0.05, 0) is 17.9 Å². The molecule has 0 unspecified atom stereocenters. The maximum absolute atomic E-state index is 11.6. The lowest BCUT2D eigenvalue weighted by Crippen LogP contribution is -2.32. The molecule has 0 saturated heterocycles. The number of benzene rings is 1. The first kappa shape index (κ1) is 15.2. The lowest BCUT2D eigenvalue weighted by Gasteiger charge is -2.08. The van der Waals surface area contributed by atoms with Crippen LogP contribution in [-0.2, 0) is 16.1 Å². The van der Waals surface area contributed by atoms with Gasteiger partial charge in [0, 0.05) is 13.1 Å². The molecule has 19 heavy (non-hydrogen) atoms. The van der Waals surface area contributed by atoms with Crippen molar-refractivity contribution in [2.75, 3.05) is 6.54 Å². The summed E-state index contributed by atoms with van der Waals surface area (Å²) in [6.07, 6.45) is 0.822. The Balaban J connectivity index is 2.18. The van der Waals surface area contributed by atoms with Crippen molar-refractivity contribution in [2.45, 2.75) is 33.2 Å². The average molecular weight is 262 g/mol. The molecule has 0 saturated carbocycles. The molecule has 0 aliphatic rings. The van der Waals surface area contributed by atoms with Crippen LogP contribution in [0.4, 0.5) is 0 Å². The molecule has 104 valence electrons. The van der Waals surface area contributed by atoms with Gasteiger partial charge in [-0.1, -0.05) is 44.2 Å². The monoisotopic (exact) mass is 262 g/mol. The van der Waals surface area contributed by atoms with Crippen molar-refractivity contribution in [3.8, 4) is 0 Å². The molecule has 0 aliphatic heterocycles. The zero-order valence-corrected chi connectivity index (χ0v) is 11.6. The summed E-state index contributed by atoms with van der Waals surface area (Å²) in [6, 6.07) is 9.62. The summed E-state index contributed by atoms with van der Waals surface area (Å²) in [4.78, 5) is 23.0. The molecule has 0 aliphatic carbocycles. The normalized spacial score (nSPS) is 10.3. The highest BCUT2D eigenvalue weighted by molar-refractivity contribution is 5.96. The van der Waals surface area contributed by atoms with E-state index in [4.69, 9.17) is 0 Å². The second-order valence-electron chi connectivity index (χ2n) is 4.97. The van der Waals surface area contributed by atoms with Crippen LogP contribution in [0.2, 0.25) is 0 Å². The van der Waals surface area contributed by atoms with E-state index in [0.717, 1.165) is 12.0 Å². The van der Waals surface area contributed by atoms with Crippen LogP contribution < -0.4 is 10.6 Å². The standard InChI is InChI=1S/C15H22N2O2/c1-12(2)8-9-16-14(18)10-15(19)17-11-13-6-4-3-5-7-13/h3-7,12H,8-11H2,1-2H3,(H,16,18)(H,17,19). The molecule has 1 rings (SSSR count). The quantitative estimate of drug-likeness (QED) is 0.737. The van der Waals surface area contributed by atoms with E-state index in [0.29, 0.717) is 19.0 Å². The van der Waals surface area contributed by atoms with Gasteiger partial charge in [-0.3, -0.25) is 9.59 Å². The van der Waals surface area contributed by atoms with Gasteiger partial charge in [-0.25, -0.2) is 0 Å². The van der Waals surface area contributed by atoms with Crippen LogP contribution in [-0.4, -0.2) is 18.4 Å². The van der Waals surface area contributed by atoms with Crippen molar-refractivity contribution in [3.63, 3.8) is 0 Å². The van der Waals surface area contributed by atoms with Crippen LogP contribution in [0.5, 0.6) is 0 Å². The first-order valence-corrected chi connectivity index (χ1v) is 6.65. The van der Waals surface area contributed by atoms with Crippen LogP contribution in [0.15, 0.2) is 30.3 Å². The van der Waals surface area contributed by atoms with E-state index in [1.54, 1.807) is 0 Å². The predicted octanol–water partition coefficient (Wildman–Crippen LogP) is 1.86. The molecule has 0 atom stereocenters. The lowest BCUT2D eigenvalue weighted by molar-refractivity contribution is -0.129. The van der Waals surface area contributed by atoms with Gasteiger partial charge >= 0.3 is 0 Å². The Morgan fingerprint density at radius 3 is 2.32 bits per heavy atom. The summed E-state index contributed by atoms with van der Waals surface area (Å²) in [6.45, 7) is 5.28. The van der Waals surface area contributed by atoms with Gasteiger partial charge in [-0.15, -0.1) is 0 Å². The molecule has 0 radical (unpaired) electrons. The Bertz CT molecular complexity index is 402. The fraction of sp³-hybridized carbons (Fsp3) is 0.467. The molecule has 4 heteroatoms. The van der Waals surface area contributed by atoms with Crippen molar-refractivity contribution in [2.24, 2.45) is 5.92 Å². The molecule has 2 N–H and O–H groups in total. The van der Waals surface area contributed by atoms with Gasteiger partial charge in [0.05, 0.1) is 0 Å². The molecule has 0 fully saturated rings. The summed E-state index contributed by atoms with van der Waals surface area (Å²) in [5, 5.41) is 5.47. The number of nitrogens with one attached hydrogen (secondary N) is 2.